The molecule has 24 heavy (non-hydrogen) atoms. The lowest BCUT2D eigenvalue weighted by atomic mass is 9.98. The van der Waals surface area contributed by atoms with Crippen LogP contribution in [0.3, 0.4) is 0 Å². The molecule has 0 spiro atoms. The summed E-state index contributed by atoms with van der Waals surface area (Å²) in [6.07, 6.45) is 1.62. The third-order valence-electron chi connectivity index (χ3n) is 3.63. The predicted molar refractivity (Wildman–Crippen MR) is 92.1 cm³/mol. The lowest BCUT2D eigenvalue weighted by Crippen LogP contribution is -2.36. The molecule has 0 aliphatic carbocycles. The van der Waals surface area contributed by atoms with Crippen molar-refractivity contribution in [1.29, 1.82) is 0 Å². The number of methoxy groups -OCH3 is 1. The average molecular weight is 332 g/mol. The molecule has 0 radical (unpaired) electrons. The molecule has 1 heterocycles. The Labute approximate surface area is 142 Å². The van der Waals surface area contributed by atoms with Gasteiger partial charge in [-0.1, -0.05) is 6.07 Å². The second kappa shape index (κ2) is 6.95. The van der Waals surface area contributed by atoms with Gasteiger partial charge in [0.15, 0.2) is 0 Å². The SMILES string of the molecule is COC(=O)C=C1CCN(C(=O)OC(C)(C)C)Cc2cc(N)ccc21. The largest absolute Gasteiger partial charge is 0.466 e. The highest BCUT2D eigenvalue weighted by Gasteiger charge is 2.26. The number of esters is 1. The number of ether oxygens (including phenoxy) is 2. The summed E-state index contributed by atoms with van der Waals surface area (Å²) in [6, 6.07) is 5.48. The Kier molecular flexibility index (Phi) is 5.17. The molecular weight excluding hydrogens is 308 g/mol. The van der Waals surface area contributed by atoms with Crippen molar-refractivity contribution in [2.45, 2.75) is 39.3 Å². The van der Waals surface area contributed by atoms with Crippen LogP contribution >= 0.6 is 0 Å². The van der Waals surface area contributed by atoms with E-state index < -0.39 is 11.6 Å². The van der Waals surface area contributed by atoms with Crippen molar-refractivity contribution in [3.05, 3.63) is 35.4 Å². The number of nitrogens with two attached hydrogens (primary N) is 1. The lowest BCUT2D eigenvalue weighted by Gasteiger charge is -2.26. The topological polar surface area (TPSA) is 81.9 Å². The molecule has 0 unspecified atom stereocenters. The number of rotatable bonds is 1. The number of hydrogen-bond acceptors (Lipinski definition) is 5. The Bertz CT molecular complexity index is 674. The predicted octanol–water partition coefficient (Wildman–Crippen LogP) is 2.97. The molecule has 1 aromatic rings. The van der Waals surface area contributed by atoms with E-state index in [2.05, 4.69) is 0 Å². The highest BCUT2D eigenvalue weighted by atomic mass is 16.6. The minimum Gasteiger partial charge on any atom is -0.466 e. The normalized spacial score (nSPS) is 16.3. The molecule has 6 nitrogen and oxygen atoms in total. The second-order valence-corrected chi connectivity index (χ2v) is 6.76. The van der Waals surface area contributed by atoms with E-state index in [1.54, 1.807) is 11.0 Å². The van der Waals surface area contributed by atoms with E-state index in [9.17, 15) is 9.59 Å². The highest BCUT2D eigenvalue weighted by Crippen LogP contribution is 2.30. The first-order valence-corrected chi connectivity index (χ1v) is 7.85. The van der Waals surface area contributed by atoms with Crippen molar-refractivity contribution in [2.75, 3.05) is 19.4 Å². The zero-order chi connectivity index (χ0) is 17.9. The van der Waals surface area contributed by atoms with E-state index in [0.29, 0.717) is 25.2 Å². The van der Waals surface area contributed by atoms with E-state index in [0.717, 1.165) is 16.7 Å². The minimum atomic E-state index is -0.563. The summed E-state index contributed by atoms with van der Waals surface area (Å²) in [5.41, 5.74) is 8.54. The van der Waals surface area contributed by atoms with Crippen molar-refractivity contribution in [1.82, 2.24) is 4.90 Å². The molecule has 6 heteroatoms. The second-order valence-electron chi connectivity index (χ2n) is 6.76. The maximum Gasteiger partial charge on any atom is 0.410 e. The molecular formula is C18H24N2O4. The molecule has 0 saturated heterocycles. The Hall–Kier alpha value is -2.50. The Balaban J connectivity index is 2.35. The lowest BCUT2D eigenvalue weighted by molar-refractivity contribution is -0.134. The van der Waals surface area contributed by atoms with Crippen LogP contribution in [0.25, 0.3) is 5.57 Å². The Morgan fingerprint density at radius 1 is 1.29 bits per heavy atom. The van der Waals surface area contributed by atoms with Crippen LogP contribution in [-0.2, 0) is 20.8 Å². The van der Waals surface area contributed by atoms with Crippen LogP contribution in [-0.4, -0.2) is 36.2 Å². The third kappa shape index (κ3) is 4.50. The number of carbonyl (C=O) groups is 2. The molecule has 0 bridgehead atoms. The van der Waals surface area contributed by atoms with Gasteiger partial charge in [-0.05, 0) is 56.0 Å². The molecule has 2 N–H and O–H groups in total. The maximum atomic E-state index is 12.4. The molecule has 2 rings (SSSR count). The van der Waals surface area contributed by atoms with Gasteiger partial charge in [0, 0.05) is 24.9 Å². The van der Waals surface area contributed by atoms with Gasteiger partial charge < -0.3 is 20.1 Å². The van der Waals surface area contributed by atoms with E-state index >= 15 is 0 Å². The Morgan fingerprint density at radius 2 is 2.00 bits per heavy atom. The number of nitrogen functional groups attached to an aromatic ring is 1. The molecule has 0 saturated carbocycles. The number of hydrogen-bond donors (Lipinski definition) is 1. The monoisotopic (exact) mass is 332 g/mol. The summed E-state index contributed by atoms with van der Waals surface area (Å²) >= 11 is 0. The standard InChI is InChI=1S/C18H24N2O4/c1-18(2,3)24-17(22)20-8-7-12(10-16(21)23-4)15-6-5-14(19)9-13(15)11-20/h5-6,9-10H,7-8,11,19H2,1-4H3. The van der Waals surface area contributed by atoms with Gasteiger partial charge in [-0.2, -0.15) is 0 Å². The number of fused-ring (bicyclic) bond motifs is 1. The zero-order valence-electron chi connectivity index (χ0n) is 14.6. The van der Waals surface area contributed by atoms with Gasteiger partial charge in [0.1, 0.15) is 5.60 Å². The van der Waals surface area contributed by atoms with Gasteiger partial charge in [0.2, 0.25) is 0 Å². The van der Waals surface area contributed by atoms with Crippen molar-refractivity contribution in [3.63, 3.8) is 0 Å². The fourth-order valence-corrected chi connectivity index (χ4v) is 2.57. The van der Waals surface area contributed by atoms with Crippen LogP contribution in [0, 0.1) is 0 Å². The van der Waals surface area contributed by atoms with Crippen molar-refractivity contribution >= 4 is 23.3 Å². The first-order valence-electron chi connectivity index (χ1n) is 7.85. The fourth-order valence-electron chi connectivity index (χ4n) is 2.57. The van der Waals surface area contributed by atoms with E-state index in [1.165, 1.54) is 13.2 Å². The third-order valence-corrected chi connectivity index (χ3v) is 3.63. The first-order chi connectivity index (χ1) is 11.2. The average Bonchev–Trinajstić information content (AvgIpc) is 2.65. The van der Waals surface area contributed by atoms with Crippen LogP contribution in [0.5, 0.6) is 0 Å². The highest BCUT2D eigenvalue weighted by molar-refractivity contribution is 5.92. The van der Waals surface area contributed by atoms with E-state index in [-0.39, 0.29) is 6.09 Å². The zero-order valence-corrected chi connectivity index (χ0v) is 14.6. The summed E-state index contributed by atoms with van der Waals surface area (Å²) in [5.74, 6) is -0.418. The summed E-state index contributed by atoms with van der Waals surface area (Å²) in [7, 11) is 1.34. The summed E-state index contributed by atoms with van der Waals surface area (Å²) in [4.78, 5) is 25.7. The van der Waals surface area contributed by atoms with Crippen molar-refractivity contribution in [3.8, 4) is 0 Å². The summed E-state index contributed by atoms with van der Waals surface area (Å²) in [6.45, 7) is 6.33. The van der Waals surface area contributed by atoms with Gasteiger partial charge in [-0.15, -0.1) is 0 Å². The smallest absolute Gasteiger partial charge is 0.410 e. The van der Waals surface area contributed by atoms with E-state index in [1.807, 2.05) is 32.9 Å². The van der Waals surface area contributed by atoms with Gasteiger partial charge in [-0.25, -0.2) is 9.59 Å². The number of carbonyl (C=O) groups excluding carboxylic acids is 2. The number of nitrogens with zero attached hydrogens (tertiary/aromatic N) is 1. The molecule has 1 aromatic carbocycles. The van der Waals surface area contributed by atoms with Gasteiger partial charge in [0.05, 0.1) is 7.11 Å². The maximum absolute atomic E-state index is 12.4. The van der Waals surface area contributed by atoms with Crippen LogP contribution in [0.2, 0.25) is 0 Å². The van der Waals surface area contributed by atoms with Crippen LogP contribution < -0.4 is 5.73 Å². The van der Waals surface area contributed by atoms with Gasteiger partial charge in [-0.3, -0.25) is 0 Å². The minimum absolute atomic E-state index is 0.379. The van der Waals surface area contributed by atoms with Crippen molar-refractivity contribution in [2.24, 2.45) is 0 Å². The Morgan fingerprint density at radius 3 is 2.62 bits per heavy atom. The van der Waals surface area contributed by atoms with Crippen LogP contribution in [0.1, 0.15) is 38.3 Å². The number of amides is 1. The van der Waals surface area contributed by atoms with Gasteiger partial charge >= 0.3 is 12.1 Å². The number of anilines is 1. The van der Waals surface area contributed by atoms with E-state index in [4.69, 9.17) is 15.2 Å². The van der Waals surface area contributed by atoms with Gasteiger partial charge in [0.25, 0.3) is 0 Å². The molecule has 130 valence electrons. The quantitative estimate of drug-likeness (QED) is 0.486. The van der Waals surface area contributed by atoms with Crippen LogP contribution in [0.4, 0.5) is 10.5 Å². The van der Waals surface area contributed by atoms with Crippen molar-refractivity contribution < 1.29 is 19.1 Å². The molecule has 0 atom stereocenters. The molecule has 1 aliphatic heterocycles. The molecule has 0 aromatic heterocycles. The molecule has 1 amide bonds. The molecule has 1 aliphatic rings. The first kappa shape index (κ1) is 17.8. The fraction of sp³-hybridized carbons (Fsp3) is 0.444. The summed E-state index contributed by atoms with van der Waals surface area (Å²) < 4.78 is 10.2. The summed E-state index contributed by atoms with van der Waals surface area (Å²) in [5, 5.41) is 0. The van der Waals surface area contributed by atoms with Crippen LogP contribution in [0.15, 0.2) is 24.3 Å². The number of benzene rings is 1. The molecule has 0 fully saturated rings.